The predicted octanol–water partition coefficient (Wildman–Crippen LogP) is 6.33. The number of aromatic amines is 1. The van der Waals surface area contributed by atoms with Crippen LogP contribution in [0.15, 0.2) is 42.6 Å². The van der Waals surface area contributed by atoms with E-state index in [4.69, 9.17) is 12.2 Å². The van der Waals surface area contributed by atoms with Crippen molar-refractivity contribution in [2.75, 3.05) is 16.0 Å². The van der Waals surface area contributed by atoms with Crippen LogP contribution in [-0.4, -0.2) is 37.4 Å². The van der Waals surface area contributed by atoms with Gasteiger partial charge in [-0.15, -0.1) is 0 Å². The number of hydrogen-bond acceptors (Lipinski definition) is 6. The van der Waals surface area contributed by atoms with Gasteiger partial charge in [0.25, 0.3) is 0 Å². The molecule has 12 heteroatoms. The maximum atomic E-state index is 12.9. The molecular weight excluding hydrogens is 513 g/mol. The number of rotatable bonds is 7. The van der Waals surface area contributed by atoms with Gasteiger partial charge in [-0.1, -0.05) is 18.9 Å². The quantitative estimate of drug-likeness (QED) is 0.220. The molecule has 5 N–H and O–H groups in total. The van der Waals surface area contributed by atoms with Gasteiger partial charge in [-0.05, 0) is 75.0 Å². The molecule has 2 aliphatic carbocycles. The molecule has 0 unspecified atom stereocenters. The van der Waals surface area contributed by atoms with Gasteiger partial charge in [-0.3, -0.25) is 5.10 Å². The van der Waals surface area contributed by atoms with Crippen molar-refractivity contribution in [2.24, 2.45) is 0 Å². The predicted molar refractivity (Wildman–Crippen MR) is 146 cm³/mol. The summed E-state index contributed by atoms with van der Waals surface area (Å²) in [6.07, 6.45) is 5.77. The average Bonchev–Trinajstić information content (AvgIpc) is 3.58. The van der Waals surface area contributed by atoms with E-state index in [9.17, 15) is 13.2 Å². The smallest absolute Gasteiger partial charge is 0.360 e. The Balaban J connectivity index is 1.08. The van der Waals surface area contributed by atoms with Crippen molar-refractivity contribution in [1.29, 1.82) is 0 Å². The Morgan fingerprint density at radius 1 is 0.947 bits per heavy atom. The summed E-state index contributed by atoms with van der Waals surface area (Å²) >= 11 is 5.34. The average molecular weight is 545 g/mol. The molecule has 2 saturated carbocycles. The lowest BCUT2D eigenvalue weighted by Crippen LogP contribution is -2.42. The van der Waals surface area contributed by atoms with Crippen LogP contribution in [0.25, 0.3) is 0 Å². The fourth-order valence-corrected chi connectivity index (χ4v) is 5.45. The second-order valence-electron chi connectivity index (χ2n) is 9.95. The molecular formula is C26H31F3N8S. The molecule has 38 heavy (non-hydrogen) atoms. The zero-order valence-electron chi connectivity index (χ0n) is 20.8. The molecule has 5 rings (SSSR count). The standard InChI is InChI=1S/C26H31F3N8S/c27-26(28,29)17-6-3-7-20(14-17)33-25(38)32-19-10-8-18(9-11-19)31-24-30-13-12-22(35-24)34-23-15-21(36-37-23)16-4-1-2-5-16/h3,6-7,12-16,18-19H,1-2,4-5,8-11H2,(H2,32,33,38)(H3,30,31,34,35,36,37). The summed E-state index contributed by atoms with van der Waals surface area (Å²) in [6.45, 7) is 0. The fraction of sp³-hybridized carbons (Fsp3) is 0.462. The van der Waals surface area contributed by atoms with Crippen LogP contribution in [0.4, 0.5) is 36.4 Å². The van der Waals surface area contributed by atoms with E-state index in [2.05, 4.69) is 47.5 Å². The van der Waals surface area contributed by atoms with E-state index in [1.54, 1.807) is 12.3 Å². The first kappa shape index (κ1) is 26.2. The van der Waals surface area contributed by atoms with Crippen molar-refractivity contribution in [1.82, 2.24) is 25.5 Å². The van der Waals surface area contributed by atoms with Crippen LogP contribution in [0.1, 0.15) is 68.5 Å². The summed E-state index contributed by atoms with van der Waals surface area (Å²) in [6, 6.07) is 9.25. The molecule has 2 aromatic heterocycles. The molecule has 0 amide bonds. The molecule has 0 atom stereocenters. The van der Waals surface area contributed by atoms with Gasteiger partial charge in [-0.25, -0.2) is 4.98 Å². The third kappa shape index (κ3) is 6.91. The van der Waals surface area contributed by atoms with Gasteiger partial charge in [0.2, 0.25) is 5.95 Å². The van der Waals surface area contributed by atoms with E-state index in [0.29, 0.717) is 28.5 Å². The third-order valence-electron chi connectivity index (χ3n) is 7.15. The van der Waals surface area contributed by atoms with E-state index in [1.807, 2.05) is 6.07 Å². The van der Waals surface area contributed by atoms with Crippen molar-refractivity contribution in [3.63, 3.8) is 0 Å². The SMILES string of the molecule is FC(F)(F)c1cccc(NC(=S)NC2CCC(Nc3nccc(Nc4cc(C5CCCC5)[nH]n4)n3)CC2)c1. The summed E-state index contributed by atoms with van der Waals surface area (Å²) in [7, 11) is 0. The number of halogens is 3. The molecule has 8 nitrogen and oxygen atoms in total. The van der Waals surface area contributed by atoms with Crippen LogP contribution in [-0.2, 0) is 6.18 Å². The number of hydrogen-bond donors (Lipinski definition) is 5. The van der Waals surface area contributed by atoms with Gasteiger partial charge in [0.1, 0.15) is 5.82 Å². The summed E-state index contributed by atoms with van der Waals surface area (Å²) < 4.78 is 38.8. The summed E-state index contributed by atoms with van der Waals surface area (Å²) in [5.74, 6) is 2.54. The number of thiocarbonyl (C=S) groups is 1. The Morgan fingerprint density at radius 2 is 1.71 bits per heavy atom. The van der Waals surface area contributed by atoms with Crippen molar-refractivity contribution in [2.45, 2.75) is 75.5 Å². The zero-order valence-corrected chi connectivity index (χ0v) is 21.6. The highest BCUT2D eigenvalue weighted by Gasteiger charge is 2.30. The first-order valence-electron chi connectivity index (χ1n) is 13.0. The highest BCUT2D eigenvalue weighted by molar-refractivity contribution is 7.80. The lowest BCUT2D eigenvalue weighted by molar-refractivity contribution is -0.137. The molecule has 0 aliphatic heterocycles. The highest BCUT2D eigenvalue weighted by Crippen LogP contribution is 2.34. The van der Waals surface area contributed by atoms with Crippen LogP contribution in [0.2, 0.25) is 0 Å². The molecule has 202 valence electrons. The summed E-state index contributed by atoms with van der Waals surface area (Å²) in [4.78, 5) is 8.96. The van der Waals surface area contributed by atoms with Crippen molar-refractivity contribution in [3.05, 3.63) is 53.9 Å². The number of anilines is 4. The Hall–Kier alpha value is -3.41. The Morgan fingerprint density at radius 3 is 2.47 bits per heavy atom. The first-order chi connectivity index (χ1) is 18.3. The second kappa shape index (κ2) is 11.5. The Bertz CT molecular complexity index is 1230. The summed E-state index contributed by atoms with van der Waals surface area (Å²) in [5, 5.41) is 20.6. The largest absolute Gasteiger partial charge is 0.416 e. The third-order valence-corrected chi connectivity index (χ3v) is 7.37. The number of benzene rings is 1. The van der Waals surface area contributed by atoms with Gasteiger partial charge >= 0.3 is 6.18 Å². The molecule has 0 bridgehead atoms. The lowest BCUT2D eigenvalue weighted by Gasteiger charge is -2.30. The van der Waals surface area contributed by atoms with Crippen molar-refractivity contribution >= 4 is 40.6 Å². The molecule has 2 heterocycles. The number of nitrogens with zero attached hydrogens (tertiary/aromatic N) is 3. The van der Waals surface area contributed by atoms with E-state index in [-0.39, 0.29) is 12.1 Å². The lowest BCUT2D eigenvalue weighted by atomic mass is 9.91. The molecule has 0 saturated heterocycles. The van der Waals surface area contributed by atoms with Crippen LogP contribution in [0.3, 0.4) is 0 Å². The normalized spacial score (nSPS) is 20.2. The fourth-order valence-electron chi connectivity index (χ4n) is 5.17. The van der Waals surface area contributed by atoms with E-state index < -0.39 is 11.7 Å². The van der Waals surface area contributed by atoms with E-state index in [1.165, 1.54) is 37.4 Å². The van der Waals surface area contributed by atoms with E-state index in [0.717, 1.165) is 43.6 Å². The maximum absolute atomic E-state index is 12.9. The zero-order chi connectivity index (χ0) is 26.5. The van der Waals surface area contributed by atoms with Gasteiger partial charge < -0.3 is 21.3 Å². The molecule has 2 fully saturated rings. The van der Waals surface area contributed by atoms with Gasteiger partial charge in [0.05, 0.1) is 5.56 Å². The monoisotopic (exact) mass is 544 g/mol. The number of nitrogens with one attached hydrogen (secondary N) is 5. The van der Waals surface area contributed by atoms with Crippen LogP contribution >= 0.6 is 12.2 Å². The van der Waals surface area contributed by atoms with Crippen molar-refractivity contribution in [3.8, 4) is 0 Å². The van der Waals surface area contributed by atoms with Gasteiger partial charge in [0.15, 0.2) is 10.9 Å². The Kier molecular flexibility index (Phi) is 7.96. The molecule has 0 spiro atoms. The highest BCUT2D eigenvalue weighted by atomic mass is 32.1. The Labute approximate surface area is 224 Å². The van der Waals surface area contributed by atoms with Crippen LogP contribution < -0.4 is 21.3 Å². The van der Waals surface area contributed by atoms with Crippen molar-refractivity contribution < 1.29 is 13.2 Å². The number of H-pyrrole nitrogens is 1. The van der Waals surface area contributed by atoms with Gasteiger partial charge in [0, 0.05) is 41.6 Å². The molecule has 0 radical (unpaired) electrons. The van der Waals surface area contributed by atoms with E-state index >= 15 is 0 Å². The topological polar surface area (TPSA) is 103 Å². The molecule has 2 aliphatic rings. The minimum atomic E-state index is -4.39. The minimum Gasteiger partial charge on any atom is -0.360 e. The van der Waals surface area contributed by atoms with Crippen LogP contribution in [0, 0.1) is 0 Å². The number of aromatic nitrogens is 4. The molecule has 1 aromatic carbocycles. The first-order valence-corrected chi connectivity index (χ1v) is 13.4. The summed E-state index contributed by atoms with van der Waals surface area (Å²) in [5.41, 5.74) is 0.770. The second-order valence-corrected chi connectivity index (χ2v) is 10.4. The number of alkyl halides is 3. The molecule has 3 aromatic rings. The van der Waals surface area contributed by atoms with Gasteiger partial charge in [-0.2, -0.15) is 23.3 Å². The maximum Gasteiger partial charge on any atom is 0.416 e. The van der Waals surface area contributed by atoms with Crippen LogP contribution in [0.5, 0.6) is 0 Å². The minimum absolute atomic E-state index is 0.140.